The zero-order valence-corrected chi connectivity index (χ0v) is 8.34. The third-order valence-electron chi connectivity index (χ3n) is 1.40. The van der Waals surface area contributed by atoms with Crippen molar-refractivity contribution in [1.29, 1.82) is 0 Å². The summed E-state index contributed by atoms with van der Waals surface area (Å²) in [5, 5.41) is 9.15. The average Bonchev–Trinajstić information content (AvgIpc) is 1.96. The zero-order chi connectivity index (χ0) is 9.30. The summed E-state index contributed by atoms with van der Waals surface area (Å²) >= 11 is 1.83. The van der Waals surface area contributed by atoms with Crippen LogP contribution >= 0.6 is 22.6 Å². The largest absolute Gasteiger partial charge is 0.506 e. The lowest BCUT2D eigenvalue weighted by Crippen LogP contribution is -1.93. The summed E-state index contributed by atoms with van der Waals surface area (Å²) in [6.07, 6.45) is -2.65. The summed E-state index contributed by atoms with van der Waals surface area (Å²) in [5.74, 6) is -0.412. The first kappa shape index (κ1) is 9.63. The Hall–Kier alpha value is -0.460. The fourth-order valence-corrected chi connectivity index (χ4v) is 1.51. The Kier molecular flexibility index (Phi) is 2.81. The van der Waals surface area contributed by atoms with Gasteiger partial charge in [-0.15, -0.1) is 0 Å². The van der Waals surface area contributed by atoms with Crippen molar-refractivity contribution in [2.24, 2.45) is 0 Å². The monoisotopic (exact) mass is 285 g/mol. The van der Waals surface area contributed by atoms with Crippen LogP contribution in [0.25, 0.3) is 0 Å². The van der Waals surface area contributed by atoms with Crippen LogP contribution < -0.4 is 0 Å². The van der Waals surface area contributed by atoms with E-state index in [0.29, 0.717) is 3.70 Å². The van der Waals surface area contributed by atoms with Gasteiger partial charge in [-0.2, -0.15) is 0 Å². The van der Waals surface area contributed by atoms with E-state index in [0.717, 1.165) is 0 Å². The number of halogens is 3. The van der Waals surface area contributed by atoms with E-state index in [4.69, 9.17) is 5.11 Å². The van der Waals surface area contributed by atoms with E-state index in [1.807, 2.05) is 22.6 Å². The number of hydrogen-bond donors (Lipinski definition) is 1. The molecular weight excluding hydrogens is 279 g/mol. The van der Waals surface area contributed by atoms with E-state index in [9.17, 15) is 8.78 Å². The van der Waals surface area contributed by atoms with Gasteiger partial charge in [0.15, 0.2) is 0 Å². The summed E-state index contributed by atoms with van der Waals surface area (Å²) in [5.41, 5.74) is -0.121. The third-order valence-corrected chi connectivity index (χ3v) is 1.95. The molecule has 0 aromatic carbocycles. The van der Waals surface area contributed by atoms with Gasteiger partial charge < -0.3 is 5.11 Å². The number of nitrogens with zero attached hydrogens (tertiary/aromatic N) is 1. The number of aromatic hydroxyl groups is 1. The van der Waals surface area contributed by atoms with Crippen LogP contribution in [0.5, 0.6) is 5.75 Å². The van der Waals surface area contributed by atoms with Crippen molar-refractivity contribution in [1.82, 2.24) is 4.98 Å². The number of alkyl halides is 2. The Morgan fingerprint density at radius 1 is 1.58 bits per heavy atom. The summed E-state index contributed by atoms with van der Waals surface area (Å²) in [4.78, 5) is 3.82. The van der Waals surface area contributed by atoms with Gasteiger partial charge in [0.05, 0.1) is 11.3 Å². The smallest absolute Gasteiger partial charge is 0.267 e. The second-order valence-corrected chi connectivity index (χ2v) is 3.37. The second-order valence-electron chi connectivity index (χ2n) is 2.27. The molecule has 1 aromatic rings. The molecule has 2 nitrogen and oxygen atoms in total. The van der Waals surface area contributed by atoms with Gasteiger partial charge in [0, 0.05) is 0 Å². The lowest BCUT2D eigenvalue weighted by atomic mass is 10.2. The van der Waals surface area contributed by atoms with E-state index in [2.05, 4.69) is 4.98 Å². The van der Waals surface area contributed by atoms with Gasteiger partial charge >= 0.3 is 0 Å². The van der Waals surface area contributed by atoms with E-state index in [-0.39, 0.29) is 11.3 Å². The first-order valence-corrected chi connectivity index (χ1v) is 4.24. The fourth-order valence-electron chi connectivity index (χ4n) is 0.817. The molecule has 1 heterocycles. The second kappa shape index (κ2) is 3.51. The SMILES string of the molecule is Cc1nc(I)cc(C(F)F)c1O. The van der Waals surface area contributed by atoms with Crippen LogP contribution in [0.15, 0.2) is 6.07 Å². The van der Waals surface area contributed by atoms with Gasteiger partial charge in [-0.3, -0.25) is 0 Å². The van der Waals surface area contributed by atoms with Crippen LogP contribution in [-0.2, 0) is 0 Å². The minimum atomic E-state index is -2.65. The molecule has 0 aliphatic rings. The number of aryl methyl sites for hydroxylation is 1. The topological polar surface area (TPSA) is 33.1 Å². The van der Waals surface area contributed by atoms with Gasteiger partial charge in [-0.25, -0.2) is 13.8 Å². The molecule has 0 aliphatic heterocycles. The molecule has 66 valence electrons. The van der Waals surface area contributed by atoms with Gasteiger partial charge in [-0.05, 0) is 35.6 Å². The minimum Gasteiger partial charge on any atom is -0.506 e. The Morgan fingerprint density at radius 2 is 2.17 bits per heavy atom. The van der Waals surface area contributed by atoms with Crippen molar-refractivity contribution >= 4 is 22.6 Å². The lowest BCUT2D eigenvalue weighted by molar-refractivity contribution is 0.147. The summed E-state index contributed by atoms with van der Waals surface area (Å²) in [6.45, 7) is 1.49. The van der Waals surface area contributed by atoms with Gasteiger partial charge in [0.2, 0.25) is 0 Å². The summed E-state index contributed by atoms with van der Waals surface area (Å²) in [6, 6.07) is 1.17. The fraction of sp³-hybridized carbons (Fsp3) is 0.286. The highest BCUT2D eigenvalue weighted by Crippen LogP contribution is 2.30. The Bertz CT molecular complexity index is 304. The highest BCUT2D eigenvalue weighted by Gasteiger charge is 2.15. The number of pyridine rings is 1. The van der Waals surface area contributed by atoms with Crippen molar-refractivity contribution in [3.8, 4) is 5.75 Å². The molecule has 1 N–H and O–H groups in total. The maximum Gasteiger partial charge on any atom is 0.267 e. The van der Waals surface area contributed by atoms with Crippen molar-refractivity contribution in [3.63, 3.8) is 0 Å². The first-order chi connectivity index (χ1) is 5.52. The maximum absolute atomic E-state index is 12.2. The molecule has 0 atom stereocenters. The molecule has 0 saturated heterocycles. The summed E-state index contributed by atoms with van der Waals surface area (Å²) in [7, 11) is 0. The molecule has 0 spiro atoms. The van der Waals surface area contributed by atoms with Crippen LogP contribution in [0, 0.1) is 10.6 Å². The molecule has 5 heteroatoms. The molecule has 0 fully saturated rings. The van der Waals surface area contributed by atoms with E-state index < -0.39 is 12.2 Å². The molecule has 1 aromatic heterocycles. The van der Waals surface area contributed by atoms with Gasteiger partial charge in [0.1, 0.15) is 9.45 Å². The van der Waals surface area contributed by atoms with Crippen molar-refractivity contribution in [2.75, 3.05) is 0 Å². The Balaban J connectivity index is 3.28. The Morgan fingerprint density at radius 3 is 2.67 bits per heavy atom. The molecule has 0 saturated carbocycles. The molecule has 0 bridgehead atoms. The van der Waals surface area contributed by atoms with Crippen molar-refractivity contribution in [3.05, 3.63) is 21.0 Å². The van der Waals surface area contributed by atoms with Crippen molar-refractivity contribution < 1.29 is 13.9 Å². The minimum absolute atomic E-state index is 0.234. The predicted molar refractivity (Wildman–Crippen MR) is 48.3 cm³/mol. The molecule has 0 aliphatic carbocycles. The lowest BCUT2D eigenvalue weighted by Gasteiger charge is -2.05. The van der Waals surface area contributed by atoms with Crippen LogP contribution in [0.2, 0.25) is 0 Å². The average molecular weight is 285 g/mol. The first-order valence-electron chi connectivity index (χ1n) is 3.16. The van der Waals surface area contributed by atoms with Gasteiger partial charge in [0.25, 0.3) is 6.43 Å². The highest BCUT2D eigenvalue weighted by molar-refractivity contribution is 14.1. The third kappa shape index (κ3) is 1.82. The predicted octanol–water partition coefficient (Wildman–Crippen LogP) is 2.64. The van der Waals surface area contributed by atoms with E-state index in [1.165, 1.54) is 13.0 Å². The van der Waals surface area contributed by atoms with Crippen LogP contribution in [0.3, 0.4) is 0 Å². The van der Waals surface area contributed by atoms with Crippen LogP contribution in [-0.4, -0.2) is 10.1 Å². The molecule has 0 unspecified atom stereocenters. The van der Waals surface area contributed by atoms with E-state index >= 15 is 0 Å². The Labute approximate surface area is 81.8 Å². The molecule has 12 heavy (non-hydrogen) atoms. The van der Waals surface area contributed by atoms with Crippen molar-refractivity contribution in [2.45, 2.75) is 13.3 Å². The maximum atomic E-state index is 12.2. The van der Waals surface area contributed by atoms with E-state index in [1.54, 1.807) is 0 Å². The molecule has 0 radical (unpaired) electrons. The molecular formula is C7H6F2INO. The molecule has 0 amide bonds. The summed E-state index contributed by atoms with van der Waals surface area (Å²) < 4.78 is 24.9. The standard InChI is InChI=1S/C7H6F2INO/c1-3-6(12)4(7(8)9)2-5(10)11-3/h2,7,12H,1H3. The van der Waals surface area contributed by atoms with Crippen LogP contribution in [0.1, 0.15) is 17.7 Å². The number of hydrogen-bond acceptors (Lipinski definition) is 2. The zero-order valence-electron chi connectivity index (χ0n) is 6.18. The quantitative estimate of drug-likeness (QED) is 0.635. The molecule has 1 rings (SSSR count). The normalized spacial score (nSPS) is 10.8. The highest BCUT2D eigenvalue weighted by atomic mass is 127. The number of rotatable bonds is 1. The number of aromatic nitrogens is 1. The van der Waals surface area contributed by atoms with Gasteiger partial charge in [-0.1, -0.05) is 0 Å². The van der Waals surface area contributed by atoms with Crippen LogP contribution in [0.4, 0.5) is 8.78 Å².